The number of anilines is 3. The number of para-hydroxylation sites is 1. The molecule has 2 N–H and O–H groups in total. The van der Waals surface area contributed by atoms with Gasteiger partial charge in [-0.1, -0.05) is 18.2 Å². The van der Waals surface area contributed by atoms with Crippen LogP contribution in [-0.4, -0.2) is 41.3 Å². The molecule has 144 valence electrons. The highest BCUT2D eigenvalue weighted by molar-refractivity contribution is 6.04. The van der Waals surface area contributed by atoms with E-state index in [0.29, 0.717) is 11.4 Å². The van der Waals surface area contributed by atoms with Crippen LogP contribution in [0.3, 0.4) is 0 Å². The van der Waals surface area contributed by atoms with Crippen LogP contribution in [0.5, 0.6) is 0 Å². The summed E-state index contributed by atoms with van der Waals surface area (Å²) in [5.74, 6) is 0.881. The minimum absolute atomic E-state index is 0.170. The molecule has 1 fully saturated rings. The summed E-state index contributed by atoms with van der Waals surface area (Å²) in [4.78, 5) is 23.4. The zero-order chi connectivity index (χ0) is 19.5. The van der Waals surface area contributed by atoms with Crippen LogP contribution in [0.25, 0.3) is 10.9 Å². The monoisotopic (exact) mass is 377 g/mol. The van der Waals surface area contributed by atoms with Crippen LogP contribution in [0.1, 0.15) is 13.8 Å². The zero-order valence-corrected chi connectivity index (χ0v) is 15.9. The minimum atomic E-state index is -0.332. The van der Waals surface area contributed by atoms with Gasteiger partial charge in [-0.15, -0.1) is 0 Å². The SMILES string of the molecule is C[C@@H]1CN(c2ccc(NC(=O)Nc3cccc4cccnc34)cn2)C[C@H](C)O1. The van der Waals surface area contributed by atoms with Gasteiger partial charge in [0, 0.05) is 24.7 Å². The number of ether oxygens (including phenoxy) is 1. The van der Waals surface area contributed by atoms with E-state index in [4.69, 9.17) is 4.74 Å². The van der Waals surface area contributed by atoms with Crippen LogP contribution >= 0.6 is 0 Å². The van der Waals surface area contributed by atoms with Crippen molar-refractivity contribution in [2.75, 3.05) is 28.6 Å². The Morgan fingerprint density at radius 3 is 2.57 bits per heavy atom. The largest absolute Gasteiger partial charge is 0.372 e. The number of carbonyl (C=O) groups is 1. The van der Waals surface area contributed by atoms with Gasteiger partial charge in [0.25, 0.3) is 0 Å². The quantitative estimate of drug-likeness (QED) is 0.724. The number of nitrogens with one attached hydrogen (secondary N) is 2. The molecule has 2 atom stereocenters. The molecule has 0 bridgehead atoms. The number of morpholine rings is 1. The number of fused-ring (bicyclic) bond motifs is 1. The molecule has 2 amide bonds. The molecule has 1 aliphatic rings. The fourth-order valence-electron chi connectivity index (χ4n) is 3.50. The highest BCUT2D eigenvalue weighted by atomic mass is 16.5. The average molecular weight is 377 g/mol. The number of hydrogen-bond donors (Lipinski definition) is 2. The van der Waals surface area contributed by atoms with Crippen LogP contribution in [0.15, 0.2) is 54.9 Å². The summed E-state index contributed by atoms with van der Waals surface area (Å²) >= 11 is 0. The summed E-state index contributed by atoms with van der Waals surface area (Å²) < 4.78 is 5.76. The normalized spacial score (nSPS) is 19.4. The number of carbonyl (C=O) groups excluding carboxylic acids is 1. The number of hydrogen-bond acceptors (Lipinski definition) is 5. The van der Waals surface area contributed by atoms with E-state index in [0.717, 1.165) is 29.8 Å². The van der Waals surface area contributed by atoms with Crippen molar-refractivity contribution < 1.29 is 9.53 Å². The van der Waals surface area contributed by atoms with Crippen LogP contribution in [0, 0.1) is 0 Å². The van der Waals surface area contributed by atoms with Crippen LogP contribution in [0.2, 0.25) is 0 Å². The number of rotatable bonds is 3. The van der Waals surface area contributed by atoms with Crippen molar-refractivity contribution in [3.63, 3.8) is 0 Å². The molecule has 7 heteroatoms. The molecule has 2 aromatic heterocycles. The average Bonchev–Trinajstić information content (AvgIpc) is 2.68. The van der Waals surface area contributed by atoms with Crippen molar-refractivity contribution in [2.45, 2.75) is 26.1 Å². The van der Waals surface area contributed by atoms with Gasteiger partial charge >= 0.3 is 6.03 Å². The number of benzene rings is 1. The van der Waals surface area contributed by atoms with Gasteiger partial charge in [-0.2, -0.15) is 0 Å². The van der Waals surface area contributed by atoms with Gasteiger partial charge in [0.15, 0.2) is 0 Å². The van der Waals surface area contributed by atoms with E-state index in [-0.39, 0.29) is 18.2 Å². The van der Waals surface area contributed by atoms with E-state index >= 15 is 0 Å². The van der Waals surface area contributed by atoms with E-state index in [1.807, 2.05) is 42.5 Å². The van der Waals surface area contributed by atoms with Crippen LogP contribution in [0.4, 0.5) is 22.0 Å². The highest BCUT2D eigenvalue weighted by Gasteiger charge is 2.23. The first-order valence-electron chi connectivity index (χ1n) is 9.37. The smallest absolute Gasteiger partial charge is 0.323 e. The van der Waals surface area contributed by atoms with Gasteiger partial charge in [-0.05, 0) is 38.1 Å². The van der Waals surface area contributed by atoms with E-state index < -0.39 is 0 Å². The molecular formula is C21H23N5O2. The van der Waals surface area contributed by atoms with E-state index in [1.54, 1.807) is 12.4 Å². The summed E-state index contributed by atoms with van der Waals surface area (Å²) in [5.41, 5.74) is 2.05. The standard InChI is InChI=1S/C21H23N5O2/c1-14-12-26(13-15(2)28-14)19-9-8-17(11-23-19)24-21(27)25-18-7-3-5-16-6-4-10-22-20(16)18/h3-11,14-15H,12-13H2,1-2H3,(H2,24,25,27)/t14-,15+. The first-order chi connectivity index (χ1) is 13.6. The lowest BCUT2D eigenvalue weighted by atomic mass is 10.2. The van der Waals surface area contributed by atoms with Crippen LogP contribution in [-0.2, 0) is 4.74 Å². The zero-order valence-electron chi connectivity index (χ0n) is 15.9. The van der Waals surface area contributed by atoms with Gasteiger partial charge < -0.3 is 20.3 Å². The predicted octanol–water partition coefficient (Wildman–Crippen LogP) is 3.89. The second-order valence-corrected chi connectivity index (χ2v) is 7.03. The van der Waals surface area contributed by atoms with Gasteiger partial charge in [0.1, 0.15) is 5.82 Å². The molecule has 3 aromatic rings. The molecule has 7 nitrogen and oxygen atoms in total. The summed E-state index contributed by atoms with van der Waals surface area (Å²) in [7, 11) is 0. The van der Waals surface area contributed by atoms with E-state index in [2.05, 4.69) is 39.3 Å². The fraction of sp³-hybridized carbons (Fsp3) is 0.286. The molecule has 0 aliphatic carbocycles. The van der Waals surface area contributed by atoms with Crippen LogP contribution < -0.4 is 15.5 Å². The maximum Gasteiger partial charge on any atom is 0.323 e. The number of amides is 2. The number of urea groups is 1. The first-order valence-corrected chi connectivity index (χ1v) is 9.37. The third-order valence-electron chi connectivity index (χ3n) is 4.63. The van der Waals surface area contributed by atoms with E-state index in [9.17, 15) is 4.79 Å². The Bertz CT molecular complexity index is 961. The molecule has 1 aliphatic heterocycles. The third-order valence-corrected chi connectivity index (χ3v) is 4.63. The first kappa shape index (κ1) is 18.2. The molecule has 4 rings (SSSR count). The highest BCUT2D eigenvalue weighted by Crippen LogP contribution is 2.22. The van der Waals surface area contributed by atoms with Crippen molar-refractivity contribution in [3.05, 3.63) is 54.9 Å². The van der Waals surface area contributed by atoms with E-state index in [1.165, 1.54) is 0 Å². The lowest BCUT2D eigenvalue weighted by Crippen LogP contribution is -2.45. The predicted molar refractivity (Wildman–Crippen MR) is 111 cm³/mol. The second kappa shape index (κ2) is 7.82. The Balaban J connectivity index is 1.42. The molecule has 28 heavy (non-hydrogen) atoms. The van der Waals surface area contributed by atoms with Gasteiger partial charge in [0.05, 0.1) is 35.3 Å². The lowest BCUT2D eigenvalue weighted by molar-refractivity contribution is -0.00545. The minimum Gasteiger partial charge on any atom is -0.372 e. The van der Waals surface area contributed by atoms with Gasteiger partial charge in [-0.25, -0.2) is 9.78 Å². The molecule has 3 heterocycles. The van der Waals surface area contributed by atoms with Gasteiger partial charge in [-0.3, -0.25) is 4.98 Å². The molecule has 0 saturated carbocycles. The molecule has 1 saturated heterocycles. The summed E-state index contributed by atoms with van der Waals surface area (Å²) in [6.07, 6.45) is 3.72. The number of nitrogens with zero attached hydrogens (tertiary/aromatic N) is 3. The Hall–Kier alpha value is -3.19. The number of pyridine rings is 2. The molecule has 0 unspecified atom stereocenters. The van der Waals surface area contributed by atoms with Crippen molar-refractivity contribution in [2.24, 2.45) is 0 Å². The number of aromatic nitrogens is 2. The van der Waals surface area contributed by atoms with Crippen molar-refractivity contribution in [1.82, 2.24) is 9.97 Å². The van der Waals surface area contributed by atoms with Gasteiger partial charge in [0.2, 0.25) is 0 Å². The van der Waals surface area contributed by atoms with Crippen molar-refractivity contribution in [3.8, 4) is 0 Å². The fourth-order valence-corrected chi connectivity index (χ4v) is 3.50. The molecule has 0 radical (unpaired) electrons. The topological polar surface area (TPSA) is 79.4 Å². The molecule has 1 aromatic carbocycles. The maximum atomic E-state index is 12.4. The van der Waals surface area contributed by atoms with Crippen molar-refractivity contribution >= 4 is 34.1 Å². The third kappa shape index (κ3) is 4.04. The molecule has 0 spiro atoms. The second-order valence-electron chi connectivity index (χ2n) is 7.03. The Morgan fingerprint density at radius 1 is 1.04 bits per heavy atom. The Morgan fingerprint density at radius 2 is 1.82 bits per heavy atom. The van der Waals surface area contributed by atoms with Crippen molar-refractivity contribution in [1.29, 1.82) is 0 Å². The summed E-state index contributed by atoms with van der Waals surface area (Å²) in [6, 6.07) is 12.9. The Labute approximate surface area is 163 Å². The molecular weight excluding hydrogens is 354 g/mol. The summed E-state index contributed by atoms with van der Waals surface area (Å²) in [5, 5.41) is 6.65. The Kier molecular flexibility index (Phi) is 5.08. The summed E-state index contributed by atoms with van der Waals surface area (Å²) in [6.45, 7) is 5.73. The lowest BCUT2D eigenvalue weighted by Gasteiger charge is -2.36. The maximum absolute atomic E-state index is 12.4.